The number of ether oxygens (including phenoxy) is 1. The van der Waals surface area contributed by atoms with Crippen LogP contribution in [0.4, 0.5) is 8.78 Å². The van der Waals surface area contributed by atoms with Crippen LogP contribution in [0.3, 0.4) is 0 Å². The zero-order valence-electron chi connectivity index (χ0n) is 9.27. The van der Waals surface area contributed by atoms with E-state index in [1.165, 1.54) is 12.1 Å². The molecule has 0 amide bonds. The van der Waals surface area contributed by atoms with Crippen molar-refractivity contribution in [2.45, 2.75) is 13.0 Å². The molecule has 1 aromatic carbocycles. The Morgan fingerprint density at radius 1 is 1.28 bits per heavy atom. The van der Waals surface area contributed by atoms with Gasteiger partial charge in [0.2, 0.25) is 10.0 Å². The van der Waals surface area contributed by atoms with Crippen LogP contribution in [0.15, 0.2) is 24.3 Å². The molecule has 4 nitrogen and oxygen atoms in total. The van der Waals surface area contributed by atoms with Crippen LogP contribution in [-0.4, -0.2) is 26.2 Å². The molecule has 0 unspecified atom stereocenters. The highest BCUT2D eigenvalue weighted by Crippen LogP contribution is 2.14. The lowest BCUT2D eigenvalue weighted by molar-refractivity contribution is -0.0498. The van der Waals surface area contributed by atoms with E-state index in [1.807, 2.05) is 0 Å². The number of alkyl halides is 3. The fourth-order valence-corrected chi connectivity index (χ4v) is 2.20. The Morgan fingerprint density at radius 2 is 1.89 bits per heavy atom. The van der Waals surface area contributed by atoms with E-state index in [1.54, 1.807) is 12.1 Å². The molecule has 0 aliphatic carbocycles. The zero-order valence-corrected chi connectivity index (χ0v) is 11.7. The van der Waals surface area contributed by atoms with Crippen LogP contribution in [0.5, 0.6) is 5.75 Å². The lowest BCUT2D eigenvalue weighted by Crippen LogP contribution is -2.26. The van der Waals surface area contributed by atoms with Crippen LogP contribution in [-0.2, 0) is 16.4 Å². The van der Waals surface area contributed by atoms with Crippen molar-refractivity contribution in [2.24, 2.45) is 0 Å². The van der Waals surface area contributed by atoms with Gasteiger partial charge in [-0.2, -0.15) is 8.78 Å². The van der Waals surface area contributed by atoms with Crippen molar-refractivity contribution in [3.05, 3.63) is 29.8 Å². The number of hydrogen-bond donors (Lipinski definition) is 1. The summed E-state index contributed by atoms with van der Waals surface area (Å²) < 4.78 is 52.4. The summed E-state index contributed by atoms with van der Waals surface area (Å²) >= 11 is 2.85. The molecule has 0 saturated heterocycles. The summed E-state index contributed by atoms with van der Waals surface area (Å²) in [6, 6.07) is 6.06. The van der Waals surface area contributed by atoms with E-state index in [2.05, 4.69) is 25.4 Å². The summed E-state index contributed by atoms with van der Waals surface area (Å²) in [6.07, 6.45) is 0.473. The molecule has 8 heteroatoms. The normalized spacial score (nSPS) is 11.8. The van der Waals surface area contributed by atoms with Gasteiger partial charge in [0.15, 0.2) is 0 Å². The van der Waals surface area contributed by atoms with Crippen LogP contribution >= 0.6 is 15.9 Å². The molecule has 0 radical (unpaired) electrons. The maximum Gasteiger partial charge on any atom is 0.387 e. The average Bonchev–Trinajstić information content (AvgIpc) is 2.30. The summed E-state index contributed by atoms with van der Waals surface area (Å²) in [4.78, 5) is 0. The smallest absolute Gasteiger partial charge is 0.387 e. The average molecular weight is 344 g/mol. The van der Waals surface area contributed by atoms with Gasteiger partial charge in [-0.05, 0) is 24.1 Å². The first-order valence-electron chi connectivity index (χ1n) is 5.00. The van der Waals surface area contributed by atoms with Crippen molar-refractivity contribution in [3.63, 3.8) is 0 Å². The topological polar surface area (TPSA) is 55.4 Å². The fourth-order valence-electron chi connectivity index (χ4n) is 1.23. The Hall–Kier alpha value is -0.730. The zero-order chi connectivity index (χ0) is 13.6. The molecule has 0 heterocycles. The molecule has 0 aromatic heterocycles. The molecule has 1 aromatic rings. The molecule has 0 aliphatic rings. The van der Waals surface area contributed by atoms with E-state index in [-0.39, 0.29) is 17.0 Å². The monoisotopic (exact) mass is 343 g/mol. The van der Waals surface area contributed by atoms with E-state index < -0.39 is 16.6 Å². The number of rotatable bonds is 7. The van der Waals surface area contributed by atoms with E-state index in [9.17, 15) is 17.2 Å². The summed E-state index contributed by atoms with van der Waals surface area (Å²) in [5.41, 5.74) is 0.828. The fraction of sp³-hybridized carbons (Fsp3) is 0.400. The van der Waals surface area contributed by atoms with Gasteiger partial charge >= 0.3 is 6.61 Å². The first kappa shape index (κ1) is 15.3. The van der Waals surface area contributed by atoms with Crippen LogP contribution in [0.25, 0.3) is 0 Å². The lowest BCUT2D eigenvalue weighted by atomic mass is 10.1. The second-order valence-electron chi connectivity index (χ2n) is 3.39. The van der Waals surface area contributed by atoms with Crippen molar-refractivity contribution in [3.8, 4) is 5.75 Å². The highest BCUT2D eigenvalue weighted by atomic mass is 79.9. The van der Waals surface area contributed by atoms with Gasteiger partial charge in [0.1, 0.15) is 10.4 Å². The molecule has 0 bridgehead atoms. The van der Waals surface area contributed by atoms with Crippen molar-refractivity contribution in [1.29, 1.82) is 0 Å². The molecule has 0 aliphatic heterocycles. The minimum absolute atomic E-state index is 0.0785. The lowest BCUT2D eigenvalue weighted by Gasteiger charge is -2.06. The van der Waals surface area contributed by atoms with Gasteiger partial charge in [-0.1, -0.05) is 28.1 Å². The molecule has 0 saturated carbocycles. The highest BCUT2D eigenvalue weighted by Gasteiger charge is 2.07. The maximum atomic E-state index is 11.9. The Balaban J connectivity index is 2.44. The summed E-state index contributed by atoms with van der Waals surface area (Å²) in [5, 5.41) is 0. The van der Waals surface area contributed by atoms with Gasteiger partial charge in [-0.25, -0.2) is 13.1 Å². The SMILES string of the molecule is O=S(=O)(CBr)NCCc1ccc(OC(F)F)cc1. The highest BCUT2D eigenvalue weighted by molar-refractivity contribution is 9.10. The van der Waals surface area contributed by atoms with E-state index in [4.69, 9.17) is 0 Å². The summed E-state index contributed by atoms with van der Waals surface area (Å²) in [7, 11) is -3.27. The van der Waals surface area contributed by atoms with E-state index in [0.29, 0.717) is 6.42 Å². The van der Waals surface area contributed by atoms with E-state index in [0.717, 1.165) is 5.56 Å². The first-order chi connectivity index (χ1) is 8.43. The second-order valence-corrected chi connectivity index (χ2v) is 6.50. The third kappa shape index (κ3) is 5.74. The molecule has 1 rings (SSSR count). The van der Waals surface area contributed by atoms with Gasteiger partial charge < -0.3 is 4.74 Å². The van der Waals surface area contributed by atoms with Crippen LogP contribution in [0.1, 0.15) is 5.56 Å². The third-order valence-electron chi connectivity index (χ3n) is 2.03. The van der Waals surface area contributed by atoms with Crippen LogP contribution < -0.4 is 9.46 Å². The first-order valence-corrected chi connectivity index (χ1v) is 7.77. The molecule has 0 atom stereocenters. The predicted molar refractivity (Wildman–Crippen MR) is 67.5 cm³/mol. The summed E-state index contributed by atoms with van der Waals surface area (Å²) in [6.45, 7) is -2.59. The second kappa shape index (κ2) is 7.01. The minimum Gasteiger partial charge on any atom is -0.435 e. The number of halogens is 3. The van der Waals surface area contributed by atoms with Crippen molar-refractivity contribution < 1.29 is 21.9 Å². The van der Waals surface area contributed by atoms with E-state index >= 15 is 0 Å². The Labute approximate surface area is 113 Å². The van der Waals surface area contributed by atoms with Crippen LogP contribution in [0.2, 0.25) is 0 Å². The largest absolute Gasteiger partial charge is 0.435 e. The third-order valence-corrected chi connectivity index (χ3v) is 4.77. The number of benzene rings is 1. The molecular formula is C10H12BrF2NO3S. The molecule has 0 spiro atoms. The quantitative estimate of drug-likeness (QED) is 0.771. The van der Waals surface area contributed by atoms with Gasteiger partial charge in [-0.3, -0.25) is 0 Å². The minimum atomic E-state index is -3.27. The molecule has 0 fully saturated rings. The van der Waals surface area contributed by atoms with Gasteiger partial charge in [0, 0.05) is 6.54 Å². The van der Waals surface area contributed by atoms with Gasteiger partial charge in [-0.15, -0.1) is 0 Å². The van der Waals surface area contributed by atoms with Crippen molar-refractivity contribution >= 4 is 26.0 Å². The summed E-state index contributed by atoms with van der Waals surface area (Å²) in [5.74, 6) is 0.0785. The van der Waals surface area contributed by atoms with Crippen LogP contribution in [0, 0.1) is 0 Å². The molecule has 1 N–H and O–H groups in total. The molecule has 18 heavy (non-hydrogen) atoms. The van der Waals surface area contributed by atoms with Crippen molar-refractivity contribution in [1.82, 2.24) is 4.72 Å². The Kier molecular flexibility index (Phi) is 5.97. The molecular weight excluding hydrogens is 332 g/mol. The van der Waals surface area contributed by atoms with Gasteiger partial charge in [0.05, 0.1) is 0 Å². The number of nitrogens with one attached hydrogen (secondary N) is 1. The van der Waals surface area contributed by atoms with Gasteiger partial charge in [0.25, 0.3) is 0 Å². The Morgan fingerprint density at radius 3 is 2.39 bits per heavy atom. The standard InChI is InChI=1S/C10H12BrF2NO3S/c11-7-18(15,16)14-6-5-8-1-3-9(4-2-8)17-10(12)13/h1-4,10,14H,5-7H2. The Bertz CT molecular complexity index is 465. The maximum absolute atomic E-state index is 11.9. The molecule has 102 valence electrons. The number of hydrogen-bond acceptors (Lipinski definition) is 3. The number of sulfonamides is 1. The van der Waals surface area contributed by atoms with Crippen molar-refractivity contribution in [2.75, 3.05) is 11.2 Å². The predicted octanol–water partition coefficient (Wildman–Crippen LogP) is 2.10.